The minimum atomic E-state index is -0.128. The van der Waals surface area contributed by atoms with Gasteiger partial charge in [0.15, 0.2) is 11.5 Å². The number of carbonyl (C=O) groups excluding carboxylic acids is 1. The summed E-state index contributed by atoms with van der Waals surface area (Å²) in [5.41, 5.74) is 2.35. The molecule has 0 saturated carbocycles. The molecule has 0 unspecified atom stereocenters. The number of hydrogen-bond acceptors (Lipinski definition) is 5. The molecular weight excluding hydrogens is 344 g/mol. The minimum Gasteiger partial charge on any atom is -0.486 e. The molecule has 2 amide bonds. The van der Waals surface area contributed by atoms with Crippen molar-refractivity contribution in [3.63, 3.8) is 0 Å². The Hall–Kier alpha value is -3.40. The van der Waals surface area contributed by atoms with Crippen LogP contribution in [0.15, 0.2) is 42.5 Å². The number of nitrogens with zero attached hydrogens (tertiary/aromatic N) is 3. The maximum atomic E-state index is 12.6. The monoisotopic (exact) mass is 364 g/mol. The van der Waals surface area contributed by atoms with Gasteiger partial charge in [0, 0.05) is 43.6 Å². The van der Waals surface area contributed by atoms with Gasteiger partial charge in [0.2, 0.25) is 0 Å². The average Bonchev–Trinajstić information content (AvgIpc) is 2.74. The summed E-state index contributed by atoms with van der Waals surface area (Å²) >= 11 is 0. The standard InChI is InChI=1S/C20H20N4O3/c21-14-15-2-1-3-17(12-15)23-6-8-24(9-7-23)20(25)22-16-4-5-18-19(13-16)27-11-10-26-18/h1-5,12-13H,6-11H2,(H,22,25). The number of carbonyl (C=O) groups is 1. The van der Waals surface area contributed by atoms with E-state index in [0.29, 0.717) is 49.1 Å². The molecule has 7 heteroatoms. The number of amides is 2. The van der Waals surface area contributed by atoms with E-state index in [4.69, 9.17) is 14.7 Å². The first kappa shape index (κ1) is 17.0. The quantitative estimate of drug-likeness (QED) is 0.886. The number of rotatable bonds is 2. The molecule has 2 aliphatic heterocycles. The number of urea groups is 1. The first-order chi connectivity index (χ1) is 13.2. The largest absolute Gasteiger partial charge is 0.486 e. The van der Waals surface area contributed by atoms with Crippen LogP contribution in [0.25, 0.3) is 0 Å². The van der Waals surface area contributed by atoms with Gasteiger partial charge in [0.25, 0.3) is 0 Å². The summed E-state index contributed by atoms with van der Waals surface area (Å²) in [5.74, 6) is 1.36. The van der Waals surface area contributed by atoms with Crippen molar-refractivity contribution < 1.29 is 14.3 Å². The summed E-state index contributed by atoms with van der Waals surface area (Å²) in [6.07, 6.45) is 0. The second kappa shape index (κ2) is 7.46. The van der Waals surface area contributed by atoms with Crippen LogP contribution in [0.1, 0.15) is 5.56 Å². The van der Waals surface area contributed by atoms with E-state index in [1.54, 1.807) is 17.0 Å². The van der Waals surface area contributed by atoms with Crippen LogP contribution in [0.3, 0.4) is 0 Å². The molecule has 7 nitrogen and oxygen atoms in total. The molecule has 0 bridgehead atoms. The minimum absolute atomic E-state index is 0.128. The van der Waals surface area contributed by atoms with Crippen molar-refractivity contribution in [1.82, 2.24) is 4.90 Å². The number of piperazine rings is 1. The number of nitrogens with one attached hydrogen (secondary N) is 1. The van der Waals surface area contributed by atoms with Crippen LogP contribution in [0.4, 0.5) is 16.2 Å². The Morgan fingerprint density at radius 2 is 1.78 bits per heavy atom. The van der Waals surface area contributed by atoms with E-state index in [1.165, 1.54) is 0 Å². The van der Waals surface area contributed by atoms with Gasteiger partial charge in [0.05, 0.1) is 11.6 Å². The predicted molar refractivity (Wildman–Crippen MR) is 101 cm³/mol. The normalized spacial score (nSPS) is 15.8. The summed E-state index contributed by atoms with van der Waals surface area (Å²) in [4.78, 5) is 16.5. The first-order valence-electron chi connectivity index (χ1n) is 8.93. The Bertz CT molecular complexity index is 885. The van der Waals surface area contributed by atoms with Gasteiger partial charge in [-0.1, -0.05) is 6.07 Å². The van der Waals surface area contributed by atoms with Gasteiger partial charge in [-0.15, -0.1) is 0 Å². The average molecular weight is 364 g/mol. The lowest BCUT2D eigenvalue weighted by atomic mass is 10.2. The van der Waals surface area contributed by atoms with Crippen molar-refractivity contribution in [2.24, 2.45) is 0 Å². The van der Waals surface area contributed by atoms with Crippen LogP contribution in [-0.4, -0.2) is 50.3 Å². The molecule has 2 aromatic rings. The molecule has 0 atom stereocenters. The van der Waals surface area contributed by atoms with E-state index < -0.39 is 0 Å². The summed E-state index contributed by atoms with van der Waals surface area (Å²) in [6.45, 7) is 3.74. The molecule has 0 aliphatic carbocycles. The maximum absolute atomic E-state index is 12.6. The first-order valence-corrected chi connectivity index (χ1v) is 8.93. The molecule has 138 valence electrons. The highest BCUT2D eigenvalue weighted by Gasteiger charge is 2.22. The zero-order valence-corrected chi connectivity index (χ0v) is 14.9. The van der Waals surface area contributed by atoms with Gasteiger partial charge in [-0.25, -0.2) is 4.79 Å². The number of anilines is 2. The number of fused-ring (bicyclic) bond motifs is 1. The molecule has 0 radical (unpaired) electrons. The Labute approximate surface area is 157 Å². The summed E-state index contributed by atoms with van der Waals surface area (Å²) < 4.78 is 11.0. The molecule has 2 heterocycles. The molecule has 1 saturated heterocycles. The third-order valence-electron chi connectivity index (χ3n) is 4.70. The van der Waals surface area contributed by atoms with Gasteiger partial charge in [-0.05, 0) is 30.3 Å². The lowest BCUT2D eigenvalue weighted by Gasteiger charge is -2.36. The molecular formula is C20H20N4O3. The molecule has 1 fully saturated rings. The SMILES string of the molecule is N#Cc1cccc(N2CCN(C(=O)Nc3ccc4c(c3)OCCO4)CC2)c1. The molecule has 0 spiro atoms. The van der Waals surface area contributed by atoms with Crippen molar-refractivity contribution >= 4 is 17.4 Å². The van der Waals surface area contributed by atoms with Crippen LogP contribution in [0, 0.1) is 11.3 Å². The Morgan fingerprint density at radius 1 is 1.00 bits per heavy atom. The third-order valence-corrected chi connectivity index (χ3v) is 4.70. The van der Waals surface area contributed by atoms with Gasteiger partial charge in [0.1, 0.15) is 13.2 Å². The van der Waals surface area contributed by atoms with E-state index in [-0.39, 0.29) is 6.03 Å². The van der Waals surface area contributed by atoms with Crippen molar-refractivity contribution in [3.8, 4) is 17.6 Å². The zero-order chi connectivity index (χ0) is 18.6. The van der Waals surface area contributed by atoms with Gasteiger partial charge < -0.3 is 24.6 Å². The lowest BCUT2D eigenvalue weighted by Crippen LogP contribution is -2.50. The molecule has 27 heavy (non-hydrogen) atoms. The number of ether oxygens (including phenoxy) is 2. The number of nitriles is 1. The van der Waals surface area contributed by atoms with Crippen molar-refractivity contribution in [2.45, 2.75) is 0 Å². The summed E-state index contributed by atoms with van der Waals surface area (Å²) in [5, 5.41) is 12.0. The fourth-order valence-electron chi connectivity index (χ4n) is 3.26. The zero-order valence-electron chi connectivity index (χ0n) is 14.9. The second-order valence-corrected chi connectivity index (χ2v) is 6.42. The molecule has 4 rings (SSSR count). The molecule has 2 aliphatic rings. The van der Waals surface area contributed by atoms with Crippen molar-refractivity contribution in [3.05, 3.63) is 48.0 Å². The highest BCUT2D eigenvalue weighted by atomic mass is 16.6. The summed E-state index contributed by atoms with van der Waals surface area (Å²) in [6, 6.07) is 15.0. The van der Waals surface area contributed by atoms with E-state index in [0.717, 1.165) is 18.8 Å². The van der Waals surface area contributed by atoms with Gasteiger partial charge in [-0.2, -0.15) is 5.26 Å². The van der Waals surface area contributed by atoms with E-state index in [1.807, 2.05) is 30.3 Å². The highest BCUT2D eigenvalue weighted by Crippen LogP contribution is 2.32. The Kier molecular flexibility index (Phi) is 4.71. The topological polar surface area (TPSA) is 77.8 Å². The van der Waals surface area contributed by atoms with Crippen molar-refractivity contribution in [1.29, 1.82) is 5.26 Å². The van der Waals surface area contributed by atoms with Gasteiger partial charge in [-0.3, -0.25) is 0 Å². The predicted octanol–water partition coefficient (Wildman–Crippen LogP) is 2.68. The molecule has 1 N–H and O–H groups in total. The maximum Gasteiger partial charge on any atom is 0.321 e. The summed E-state index contributed by atoms with van der Waals surface area (Å²) in [7, 11) is 0. The molecule has 2 aromatic carbocycles. The second-order valence-electron chi connectivity index (χ2n) is 6.42. The Balaban J connectivity index is 1.35. The van der Waals surface area contributed by atoms with Crippen LogP contribution in [0.5, 0.6) is 11.5 Å². The van der Waals surface area contributed by atoms with E-state index in [9.17, 15) is 4.79 Å². The Morgan fingerprint density at radius 3 is 2.56 bits per heavy atom. The number of hydrogen-bond donors (Lipinski definition) is 1. The highest BCUT2D eigenvalue weighted by molar-refractivity contribution is 5.90. The number of benzene rings is 2. The fraction of sp³-hybridized carbons (Fsp3) is 0.300. The van der Waals surface area contributed by atoms with Crippen LogP contribution in [-0.2, 0) is 0 Å². The smallest absolute Gasteiger partial charge is 0.321 e. The van der Waals surface area contributed by atoms with Gasteiger partial charge >= 0.3 is 6.03 Å². The molecule has 0 aromatic heterocycles. The third kappa shape index (κ3) is 3.75. The van der Waals surface area contributed by atoms with Crippen LogP contribution >= 0.6 is 0 Å². The van der Waals surface area contributed by atoms with Crippen LogP contribution < -0.4 is 19.7 Å². The van der Waals surface area contributed by atoms with Crippen molar-refractivity contribution in [2.75, 3.05) is 49.6 Å². The van der Waals surface area contributed by atoms with E-state index >= 15 is 0 Å². The van der Waals surface area contributed by atoms with Crippen LogP contribution in [0.2, 0.25) is 0 Å². The lowest BCUT2D eigenvalue weighted by molar-refractivity contribution is 0.171. The fourth-order valence-corrected chi connectivity index (χ4v) is 3.26. The van der Waals surface area contributed by atoms with E-state index in [2.05, 4.69) is 16.3 Å².